The molecule has 29 heavy (non-hydrogen) atoms. The molecule has 1 aliphatic rings. The van der Waals surface area contributed by atoms with Crippen LogP contribution in [0.3, 0.4) is 0 Å². The number of allylic oxidation sites excluding steroid dienone is 3. The molecule has 0 unspecified atom stereocenters. The highest BCUT2D eigenvalue weighted by Crippen LogP contribution is 2.52. The highest BCUT2D eigenvalue weighted by molar-refractivity contribution is 7.11. The van der Waals surface area contributed by atoms with Crippen molar-refractivity contribution < 1.29 is 5.11 Å². The van der Waals surface area contributed by atoms with Gasteiger partial charge in [-0.05, 0) is 62.2 Å². The molecule has 1 aromatic heterocycles. The van der Waals surface area contributed by atoms with Gasteiger partial charge in [0, 0.05) is 21.1 Å². The smallest absolute Gasteiger partial charge is 0.135 e. The van der Waals surface area contributed by atoms with E-state index in [-0.39, 0.29) is 5.76 Å². The zero-order valence-corrected chi connectivity index (χ0v) is 17.8. The van der Waals surface area contributed by atoms with Crippen molar-refractivity contribution in [1.82, 2.24) is 0 Å². The van der Waals surface area contributed by atoms with Crippen LogP contribution >= 0.6 is 11.3 Å². The summed E-state index contributed by atoms with van der Waals surface area (Å²) in [5.74, 6) is 0.113. The fraction of sp³-hybridized carbons (Fsp3) is 0.200. The predicted molar refractivity (Wildman–Crippen MR) is 123 cm³/mol. The van der Waals surface area contributed by atoms with Crippen LogP contribution in [0.2, 0.25) is 0 Å². The molecular formula is C25H26N2OS. The first-order valence-corrected chi connectivity index (χ1v) is 10.6. The number of aliphatic hydroxyl groups is 1. The summed E-state index contributed by atoms with van der Waals surface area (Å²) in [5, 5.41) is 10.6. The van der Waals surface area contributed by atoms with Gasteiger partial charge in [-0.15, -0.1) is 11.3 Å². The largest absolute Gasteiger partial charge is 0.506 e. The minimum atomic E-state index is -0.626. The van der Waals surface area contributed by atoms with Gasteiger partial charge in [-0.2, -0.15) is 0 Å². The lowest BCUT2D eigenvalue weighted by molar-refractivity contribution is 0.411. The quantitative estimate of drug-likeness (QED) is 0.397. The number of hydrogen-bond acceptors (Lipinski definition) is 4. The number of para-hydroxylation sites is 2. The molecule has 148 valence electrons. The van der Waals surface area contributed by atoms with Crippen LogP contribution in [0.1, 0.15) is 34.7 Å². The molecule has 4 heteroatoms. The van der Waals surface area contributed by atoms with Crippen LogP contribution in [0.15, 0.2) is 84.3 Å². The average molecular weight is 403 g/mol. The highest BCUT2D eigenvalue weighted by Gasteiger charge is 2.42. The molecule has 0 radical (unpaired) electrons. The standard InChI is InChI=1S/C25H26N2OS/c1-4-9-23(28)24(26)25(3)19-10-5-7-12-21(19)27(16-18-15-14-17(2)29-18)22-13-8-6-11-20(22)25/h4-15,28H,16,26H2,1-3H3/b9-4-,24-23+. The first-order chi connectivity index (χ1) is 14.0. The van der Waals surface area contributed by atoms with Crippen LogP contribution in [-0.4, -0.2) is 5.11 Å². The van der Waals surface area contributed by atoms with Crippen molar-refractivity contribution in [3.05, 3.63) is 105 Å². The van der Waals surface area contributed by atoms with Gasteiger partial charge in [0.15, 0.2) is 0 Å². The van der Waals surface area contributed by atoms with Gasteiger partial charge in [0.05, 0.1) is 17.7 Å². The van der Waals surface area contributed by atoms with E-state index in [1.54, 1.807) is 12.2 Å². The van der Waals surface area contributed by atoms with E-state index in [1.165, 1.54) is 9.75 Å². The summed E-state index contributed by atoms with van der Waals surface area (Å²) in [5.41, 5.74) is 10.9. The van der Waals surface area contributed by atoms with E-state index < -0.39 is 5.41 Å². The van der Waals surface area contributed by atoms with Gasteiger partial charge in [-0.3, -0.25) is 0 Å². The van der Waals surface area contributed by atoms with Crippen LogP contribution in [0, 0.1) is 6.92 Å². The van der Waals surface area contributed by atoms with Crippen LogP contribution in [0.4, 0.5) is 11.4 Å². The van der Waals surface area contributed by atoms with E-state index in [1.807, 2.05) is 30.4 Å². The van der Waals surface area contributed by atoms with E-state index >= 15 is 0 Å². The topological polar surface area (TPSA) is 49.5 Å². The summed E-state index contributed by atoms with van der Waals surface area (Å²) in [7, 11) is 0. The van der Waals surface area contributed by atoms with Crippen molar-refractivity contribution in [2.45, 2.75) is 32.7 Å². The SMILES string of the molecule is C/C=C\C(O)=C(/N)C1(C)c2ccccc2N(Cc2ccc(C)s2)c2ccccc21. The lowest BCUT2D eigenvalue weighted by atomic mass is 9.69. The molecule has 3 nitrogen and oxygen atoms in total. The molecule has 0 spiro atoms. The second-order valence-electron chi connectivity index (χ2n) is 7.56. The second kappa shape index (κ2) is 7.45. The molecule has 0 bridgehead atoms. The van der Waals surface area contributed by atoms with E-state index in [9.17, 15) is 5.11 Å². The lowest BCUT2D eigenvalue weighted by Gasteiger charge is -2.44. The number of benzene rings is 2. The van der Waals surface area contributed by atoms with Gasteiger partial charge >= 0.3 is 0 Å². The van der Waals surface area contributed by atoms with Crippen molar-refractivity contribution in [3.63, 3.8) is 0 Å². The molecule has 0 atom stereocenters. The summed E-state index contributed by atoms with van der Waals surface area (Å²) in [6.07, 6.45) is 3.46. The number of anilines is 2. The number of aryl methyl sites for hydroxylation is 1. The molecule has 0 fully saturated rings. The zero-order valence-electron chi connectivity index (χ0n) is 17.0. The summed E-state index contributed by atoms with van der Waals surface area (Å²) in [6, 6.07) is 21.1. The van der Waals surface area contributed by atoms with Gasteiger partial charge in [0.1, 0.15) is 5.76 Å². The maximum atomic E-state index is 10.6. The molecule has 0 saturated carbocycles. The van der Waals surface area contributed by atoms with Crippen LogP contribution in [-0.2, 0) is 12.0 Å². The monoisotopic (exact) mass is 402 g/mol. The van der Waals surface area contributed by atoms with Crippen molar-refractivity contribution >= 4 is 22.7 Å². The normalized spacial score (nSPS) is 15.8. The van der Waals surface area contributed by atoms with Gasteiger partial charge in [0.2, 0.25) is 0 Å². The molecule has 0 saturated heterocycles. The molecule has 0 aliphatic carbocycles. The molecular weight excluding hydrogens is 376 g/mol. The van der Waals surface area contributed by atoms with Gasteiger partial charge in [-0.1, -0.05) is 42.5 Å². The van der Waals surface area contributed by atoms with Gasteiger partial charge in [-0.25, -0.2) is 0 Å². The van der Waals surface area contributed by atoms with Crippen LogP contribution in [0.5, 0.6) is 0 Å². The fourth-order valence-electron chi connectivity index (χ4n) is 4.23. The Bertz CT molecular complexity index is 1060. The van der Waals surface area contributed by atoms with Crippen molar-refractivity contribution in [2.75, 3.05) is 4.90 Å². The number of nitrogens with two attached hydrogens (primary N) is 1. The molecule has 0 amide bonds. The van der Waals surface area contributed by atoms with E-state index in [0.29, 0.717) is 5.70 Å². The van der Waals surface area contributed by atoms with Gasteiger partial charge < -0.3 is 15.7 Å². The van der Waals surface area contributed by atoms with Gasteiger partial charge in [0.25, 0.3) is 0 Å². The number of aliphatic hydroxyl groups excluding tert-OH is 1. The van der Waals surface area contributed by atoms with E-state index in [4.69, 9.17) is 5.73 Å². The summed E-state index contributed by atoms with van der Waals surface area (Å²) in [4.78, 5) is 4.99. The average Bonchev–Trinajstić information content (AvgIpc) is 3.15. The third-order valence-electron chi connectivity index (χ3n) is 5.72. The minimum absolute atomic E-state index is 0.113. The minimum Gasteiger partial charge on any atom is -0.506 e. The third-order valence-corrected chi connectivity index (χ3v) is 6.70. The maximum Gasteiger partial charge on any atom is 0.135 e. The Morgan fingerprint density at radius 3 is 2.14 bits per heavy atom. The van der Waals surface area contributed by atoms with E-state index in [2.05, 4.69) is 67.3 Å². The summed E-state index contributed by atoms with van der Waals surface area (Å²) in [6.45, 7) is 6.91. The highest BCUT2D eigenvalue weighted by atomic mass is 32.1. The Morgan fingerprint density at radius 2 is 1.62 bits per heavy atom. The van der Waals surface area contributed by atoms with Crippen LogP contribution < -0.4 is 10.6 Å². The molecule has 3 aromatic rings. The van der Waals surface area contributed by atoms with Crippen molar-refractivity contribution in [1.29, 1.82) is 0 Å². The molecule has 1 aliphatic heterocycles. The number of hydrogen-bond donors (Lipinski definition) is 2. The second-order valence-corrected chi connectivity index (χ2v) is 8.93. The number of thiophene rings is 1. The third kappa shape index (κ3) is 3.14. The van der Waals surface area contributed by atoms with Crippen molar-refractivity contribution in [2.24, 2.45) is 5.73 Å². The maximum absolute atomic E-state index is 10.6. The summed E-state index contributed by atoms with van der Waals surface area (Å²) < 4.78 is 0. The van der Waals surface area contributed by atoms with Crippen molar-refractivity contribution in [3.8, 4) is 0 Å². The zero-order chi connectivity index (χ0) is 20.6. The Kier molecular flexibility index (Phi) is 4.97. The summed E-state index contributed by atoms with van der Waals surface area (Å²) >= 11 is 1.82. The first-order valence-electron chi connectivity index (χ1n) is 9.80. The van der Waals surface area contributed by atoms with E-state index in [0.717, 1.165) is 29.0 Å². The molecule has 4 rings (SSSR count). The lowest BCUT2D eigenvalue weighted by Crippen LogP contribution is -2.39. The molecule has 3 N–H and O–H groups in total. The Labute approximate surface area is 176 Å². The fourth-order valence-corrected chi connectivity index (χ4v) is 5.11. The molecule has 2 heterocycles. The molecule has 2 aromatic carbocycles. The Morgan fingerprint density at radius 1 is 1.03 bits per heavy atom. The van der Waals surface area contributed by atoms with Crippen LogP contribution in [0.25, 0.3) is 0 Å². The predicted octanol–water partition coefficient (Wildman–Crippen LogP) is 6.32. The number of nitrogens with zero attached hydrogens (tertiary/aromatic N) is 1. The number of fused-ring (bicyclic) bond motifs is 2. The Hall–Kier alpha value is -2.98. The Balaban J connectivity index is 1.96. The number of rotatable bonds is 4. The first kappa shape index (κ1) is 19.3.